The number of anilines is 1. The maximum absolute atomic E-state index is 12.1. The molecule has 0 atom stereocenters. The second kappa shape index (κ2) is 5.43. The molecule has 1 aromatic heterocycles. The van der Waals surface area contributed by atoms with Gasteiger partial charge in [0, 0.05) is 4.47 Å². The van der Waals surface area contributed by atoms with Crippen LogP contribution in [0, 0.1) is 0 Å². The van der Waals surface area contributed by atoms with Crippen LogP contribution in [0.15, 0.2) is 33.9 Å². The average molecular weight is 381 g/mol. The Morgan fingerprint density at radius 3 is 2.75 bits per heavy atom. The number of nitrogens with one attached hydrogen (secondary N) is 2. The first-order valence-corrected chi connectivity index (χ1v) is 7.71. The van der Waals surface area contributed by atoms with Gasteiger partial charge in [0.1, 0.15) is 5.56 Å². The van der Waals surface area contributed by atoms with Crippen LogP contribution in [0.2, 0.25) is 5.02 Å². The summed E-state index contributed by atoms with van der Waals surface area (Å²) in [6.45, 7) is 0. The molecule has 0 fully saturated rings. The topological polar surface area (TPSA) is 112 Å². The number of aromatic carboxylic acids is 1. The first-order valence-electron chi connectivity index (χ1n) is 5.06. The molecule has 0 spiro atoms. The highest BCUT2D eigenvalue weighted by atomic mass is 79.9. The van der Waals surface area contributed by atoms with E-state index < -0.39 is 26.6 Å². The zero-order valence-corrected chi connectivity index (χ0v) is 12.8. The number of rotatable bonds is 4. The number of hydrogen-bond acceptors (Lipinski definition) is 4. The van der Waals surface area contributed by atoms with Crippen molar-refractivity contribution in [2.75, 3.05) is 4.72 Å². The minimum absolute atomic E-state index is 0.198. The van der Waals surface area contributed by atoms with E-state index in [-0.39, 0.29) is 5.69 Å². The van der Waals surface area contributed by atoms with Crippen LogP contribution in [0.4, 0.5) is 5.69 Å². The van der Waals surface area contributed by atoms with Gasteiger partial charge >= 0.3 is 5.97 Å². The van der Waals surface area contributed by atoms with Crippen LogP contribution in [0.3, 0.4) is 0 Å². The van der Waals surface area contributed by atoms with Crippen LogP contribution in [0.1, 0.15) is 10.4 Å². The fraction of sp³-hybridized carbons (Fsp3) is 0. The molecule has 0 unspecified atom stereocenters. The summed E-state index contributed by atoms with van der Waals surface area (Å²) in [6.07, 6.45) is 0.922. The Morgan fingerprint density at radius 2 is 2.15 bits per heavy atom. The lowest BCUT2D eigenvalue weighted by atomic mass is 10.3. The van der Waals surface area contributed by atoms with E-state index >= 15 is 0 Å². The Labute approximate surface area is 127 Å². The van der Waals surface area contributed by atoms with Gasteiger partial charge in [0.15, 0.2) is 5.03 Å². The Hall–Kier alpha value is -1.58. The molecule has 0 aliphatic heterocycles. The van der Waals surface area contributed by atoms with Crippen LogP contribution < -0.4 is 4.72 Å². The Kier molecular flexibility index (Phi) is 4.02. The molecule has 0 saturated carbocycles. The van der Waals surface area contributed by atoms with Crippen molar-refractivity contribution in [3.05, 3.63) is 39.5 Å². The number of hydrogen-bond donors (Lipinski definition) is 3. The number of carbonyl (C=O) groups is 1. The molecule has 2 aromatic rings. The molecule has 0 amide bonds. The molecule has 2 rings (SSSR count). The molecular formula is C10H7BrClN3O4S. The molecule has 3 N–H and O–H groups in total. The maximum Gasteiger partial charge on any atom is 0.340 e. The van der Waals surface area contributed by atoms with E-state index in [0.717, 1.165) is 6.20 Å². The summed E-state index contributed by atoms with van der Waals surface area (Å²) in [5, 5.41) is 14.2. The van der Waals surface area contributed by atoms with Gasteiger partial charge in [-0.3, -0.25) is 9.82 Å². The molecular weight excluding hydrogens is 374 g/mol. The van der Waals surface area contributed by atoms with Gasteiger partial charge in [-0.1, -0.05) is 11.6 Å². The Balaban J connectivity index is 2.38. The number of sulfonamides is 1. The van der Waals surface area contributed by atoms with E-state index in [4.69, 9.17) is 16.7 Å². The standard InChI is InChI=1S/C10H7BrClN3O4S/c11-7-2-1-5(3-8(7)12)15-20(18,19)9-6(10(16)17)4-13-14-9/h1-4,15H,(H,13,14)(H,16,17). The minimum atomic E-state index is -4.10. The third kappa shape index (κ3) is 2.94. The largest absolute Gasteiger partial charge is 0.478 e. The first kappa shape index (κ1) is 14.8. The zero-order valence-electron chi connectivity index (χ0n) is 9.59. The molecule has 1 heterocycles. The van der Waals surface area contributed by atoms with E-state index in [0.29, 0.717) is 9.50 Å². The van der Waals surface area contributed by atoms with Crippen molar-refractivity contribution in [3.8, 4) is 0 Å². The Morgan fingerprint density at radius 1 is 1.45 bits per heavy atom. The first-order chi connectivity index (χ1) is 9.31. The van der Waals surface area contributed by atoms with Gasteiger partial charge < -0.3 is 5.11 Å². The second-order valence-corrected chi connectivity index (χ2v) is 6.53. The SMILES string of the molecule is O=C(O)c1cn[nH]c1S(=O)(=O)Nc1ccc(Br)c(Cl)c1. The predicted octanol–water partition coefficient (Wildman–Crippen LogP) is 2.32. The molecule has 0 aliphatic rings. The summed E-state index contributed by atoms with van der Waals surface area (Å²) in [7, 11) is -4.10. The summed E-state index contributed by atoms with van der Waals surface area (Å²) >= 11 is 9.03. The van der Waals surface area contributed by atoms with Gasteiger partial charge in [-0.2, -0.15) is 13.5 Å². The fourth-order valence-corrected chi connectivity index (χ4v) is 2.97. The van der Waals surface area contributed by atoms with Crippen molar-refractivity contribution in [2.45, 2.75) is 5.03 Å². The highest BCUT2D eigenvalue weighted by molar-refractivity contribution is 9.10. The molecule has 1 aromatic carbocycles. The van der Waals surface area contributed by atoms with Crippen LogP contribution in [0.5, 0.6) is 0 Å². The minimum Gasteiger partial charge on any atom is -0.478 e. The molecule has 10 heteroatoms. The third-order valence-electron chi connectivity index (χ3n) is 2.28. The van der Waals surface area contributed by atoms with Gasteiger partial charge in [-0.05, 0) is 34.1 Å². The second-order valence-electron chi connectivity index (χ2n) is 3.65. The normalized spacial score (nSPS) is 11.3. The lowest BCUT2D eigenvalue weighted by Gasteiger charge is -2.08. The van der Waals surface area contributed by atoms with E-state index in [1.807, 2.05) is 0 Å². The van der Waals surface area contributed by atoms with Crippen LogP contribution in [-0.2, 0) is 10.0 Å². The van der Waals surface area contributed by atoms with Crippen molar-refractivity contribution in [1.29, 1.82) is 0 Å². The summed E-state index contributed by atoms with van der Waals surface area (Å²) in [6, 6.07) is 4.43. The number of benzene rings is 1. The van der Waals surface area contributed by atoms with E-state index in [1.54, 1.807) is 6.07 Å². The molecule has 0 bridgehead atoms. The number of H-pyrrole nitrogens is 1. The van der Waals surface area contributed by atoms with Crippen molar-refractivity contribution in [1.82, 2.24) is 10.2 Å². The number of carboxylic acids is 1. The van der Waals surface area contributed by atoms with Crippen molar-refractivity contribution >= 4 is 49.2 Å². The van der Waals surface area contributed by atoms with Gasteiger partial charge in [0.25, 0.3) is 10.0 Å². The number of nitrogens with zero attached hydrogens (tertiary/aromatic N) is 1. The predicted molar refractivity (Wildman–Crippen MR) is 75.5 cm³/mol. The van der Waals surface area contributed by atoms with Crippen molar-refractivity contribution in [3.63, 3.8) is 0 Å². The van der Waals surface area contributed by atoms with Gasteiger partial charge in [0.2, 0.25) is 0 Å². The number of aromatic nitrogens is 2. The molecule has 106 valence electrons. The molecule has 7 nitrogen and oxygen atoms in total. The third-order valence-corrected chi connectivity index (χ3v) is 4.86. The van der Waals surface area contributed by atoms with Crippen LogP contribution >= 0.6 is 27.5 Å². The summed E-state index contributed by atoms with van der Waals surface area (Å²) in [4.78, 5) is 10.9. The van der Waals surface area contributed by atoms with Crippen LogP contribution in [-0.4, -0.2) is 29.7 Å². The lowest BCUT2D eigenvalue weighted by molar-refractivity contribution is 0.0692. The van der Waals surface area contributed by atoms with Gasteiger partial charge in [-0.15, -0.1) is 0 Å². The average Bonchev–Trinajstić information content (AvgIpc) is 2.83. The van der Waals surface area contributed by atoms with Gasteiger partial charge in [0.05, 0.1) is 16.9 Å². The van der Waals surface area contributed by atoms with E-state index in [2.05, 4.69) is 30.8 Å². The molecule has 0 aliphatic carbocycles. The molecule has 0 radical (unpaired) electrons. The van der Waals surface area contributed by atoms with E-state index in [9.17, 15) is 13.2 Å². The van der Waals surface area contributed by atoms with E-state index in [1.165, 1.54) is 12.1 Å². The van der Waals surface area contributed by atoms with Gasteiger partial charge in [-0.25, -0.2) is 4.79 Å². The lowest BCUT2D eigenvalue weighted by Crippen LogP contribution is -2.16. The highest BCUT2D eigenvalue weighted by Crippen LogP contribution is 2.27. The fourth-order valence-electron chi connectivity index (χ4n) is 1.40. The van der Waals surface area contributed by atoms with Crippen molar-refractivity contribution < 1.29 is 18.3 Å². The highest BCUT2D eigenvalue weighted by Gasteiger charge is 2.25. The summed E-state index contributed by atoms with van der Waals surface area (Å²) in [5.41, 5.74) is -0.246. The zero-order chi connectivity index (χ0) is 14.9. The molecule has 20 heavy (non-hydrogen) atoms. The number of halogens is 2. The van der Waals surface area contributed by atoms with Crippen LogP contribution in [0.25, 0.3) is 0 Å². The smallest absolute Gasteiger partial charge is 0.340 e. The summed E-state index contributed by atoms with van der Waals surface area (Å²) < 4.78 is 27.0. The number of carboxylic acid groups (broad SMARTS) is 1. The summed E-state index contributed by atoms with van der Waals surface area (Å²) in [5.74, 6) is -1.40. The number of aromatic amines is 1. The van der Waals surface area contributed by atoms with Crippen molar-refractivity contribution in [2.24, 2.45) is 0 Å². The maximum atomic E-state index is 12.1. The monoisotopic (exact) mass is 379 g/mol. The Bertz CT molecular complexity index is 775. The molecule has 0 saturated heterocycles. The quantitative estimate of drug-likeness (QED) is 0.753.